The van der Waals surface area contributed by atoms with E-state index in [0.29, 0.717) is 0 Å². The van der Waals surface area contributed by atoms with Crippen LogP contribution in [0.5, 0.6) is 0 Å². The molecule has 2 aromatic rings. The third kappa shape index (κ3) is 6.43. The van der Waals surface area contributed by atoms with Crippen LogP contribution in [-0.4, -0.2) is 36.3 Å². The molecule has 0 bridgehead atoms. The second-order valence-electron chi connectivity index (χ2n) is 7.67. The normalized spacial score (nSPS) is 13.0. The molecule has 2 N–H and O–H groups in total. The van der Waals surface area contributed by atoms with Gasteiger partial charge in [0.15, 0.2) is 0 Å². The summed E-state index contributed by atoms with van der Waals surface area (Å²) in [5.74, 6) is -0.201. The van der Waals surface area contributed by atoms with Gasteiger partial charge in [-0.15, -0.1) is 0 Å². The van der Waals surface area contributed by atoms with Gasteiger partial charge in [-0.3, -0.25) is 14.5 Å². The second kappa shape index (κ2) is 10.8. The summed E-state index contributed by atoms with van der Waals surface area (Å²) in [6, 6.07) is 15.5. The van der Waals surface area contributed by atoms with Gasteiger partial charge in [0.1, 0.15) is 0 Å². The molecular weight excluding hydrogens is 362 g/mol. The number of rotatable bonds is 9. The highest BCUT2D eigenvalue weighted by molar-refractivity contribution is 5.94. The predicted octanol–water partition coefficient (Wildman–Crippen LogP) is 4.22. The first-order valence-electron chi connectivity index (χ1n) is 10.2. The molecule has 0 saturated heterocycles. The second-order valence-corrected chi connectivity index (χ2v) is 7.67. The maximum absolute atomic E-state index is 12.8. The SMILES string of the molecule is CCC[C@@H](NC(=O)[C@@H](C)N(C)CC(=O)Nc1c(C)cccc1C)c1ccccc1. The summed E-state index contributed by atoms with van der Waals surface area (Å²) in [5, 5.41) is 6.12. The van der Waals surface area contributed by atoms with Gasteiger partial charge in [-0.2, -0.15) is 0 Å². The number of amides is 2. The number of carbonyl (C=O) groups is 2. The molecule has 0 fully saturated rings. The molecular formula is C24H33N3O2. The van der Waals surface area contributed by atoms with Gasteiger partial charge in [-0.05, 0) is 50.9 Å². The molecule has 156 valence electrons. The molecule has 0 aliphatic carbocycles. The summed E-state index contributed by atoms with van der Waals surface area (Å²) < 4.78 is 0. The van der Waals surface area contributed by atoms with Crippen LogP contribution in [0, 0.1) is 13.8 Å². The Morgan fingerprint density at radius 2 is 1.62 bits per heavy atom. The van der Waals surface area contributed by atoms with Crippen molar-refractivity contribution in [2.24, 2.45) is 0 Å². The summed E-state index contributed by atoms with van der Waals surface area (Å²) in [5.41, 5.74) is 3.99. The number of anilines is 1. The zero-order valence-electron chi connectivity index (χ0n) is 18.2. The fourth-order valence-corrected chi connectivity index (χ4v) is 3.34. The molecule has 0 spiro atoms. The smallest absolute Gasteiger partial charge is 0.238 e. The van der Waals surface area contributed by atoms with Gasteiger partial charge in [0.25, 0.3) is 0 Å². The summed E-state index contributed by atoms with van der Waals surface area (Å²) in [6.07, 6.45) is 1.85. The van der Waals surface area contributed by atoms with Crippen LogP contribution in [0.25, 0.3) is 0 Å². The number of nitrogens with zero attached hydrogens (tertiary/aromatic N) is 1. The lowest BCUT2D eigenvalue weighted by atomic mass is 10.0. The van der Waals surface area contributed by atoms with E-state index in [4.69, 9.17) is 0 Å². The van der Waals surface area contributed by atoms with Crippen LogP contribution in [0.4, 0.5) is 5.69 Å². The zero-order valence-corrected chi connectivity index (χ0v) is 18.2. The Morgan fingerprint density at radius 3 is 2.21 bits per heavy atom. The van der Waals surface area contributed by atoms with Gasteiger partial charge in [0.2, 0.25) is 11.8 Å². The Morgan fingerprint density at radius 1 is 1.00 bits per heavy atom. The van der Waals surface area contributed by atoms with Crippen molar-refractivity contribution in [3.05, 3.63) is 65.2 Å². The molecule has 2 aromatic carbocycles. The highest BCUT2D eigenvalue weighted by Gasteiger charge is 2.23. The Hall–Kier alpha value is -2.66. The number of hydrogen-bond acceptors (Lipinski definition) is 3. The van der Waals surface area contributed by atoms with E-state index in [1.165, 1.54) is 0 Å². The average Bonchev–Trinajstić information content (AvgIpc) is 2.70. The predicted molar refractivity (Wildman–Crippen MR) is 119 cm³/mol. The fourth-order valence-electron chi connectivity index (χ4n) is 3.34. The number of aryl methyl sites for hydroxylation is 2. The van der Waals surface area contributed by atoms with Crippen LogP contribution in [0.3, 0.4) is 0 Å². The van der Waals surface area contributed by atoms with Crippen LogP contribution in [0.15, 0.2) is 48.5 Å². The lowest BCUT2D eigenvalue weighted by Crippen LogP contribution is -2.46. The van der Waals surface area contributed by atoms with E-state index < -0.39 is 6.04 Å². The quantitative estimate of drug-likeness (QED) is 0.668. The fraction of sp³-hybridized carbons (Fsp3) is 0.417. The van der Waals surface area contributed by atoms with Crippen molar-refractivity contribution >= 4 is 17.5 Å². The third-order valence-electron chi connectivity index (χ3n) is 5.27. The van der Waals surface area contributed by atoms with E-state index in [1.807, 2.05) is 69.3 Å². The van der Waals surface area contributed by atoms with Crippen LogP contribution in [-0.2, 0) is 9.59 Å². The topological polar surface area (TPSA) is 61.4 Å². The van der Waals surface area contributed by atoms with Crippen LogP contribution in [0.2, 0.25) is 0 Å². The molecule has 0 aliphatic rings. The van der Waals surface area contributed by atoms with Crippen LogP contribution >= 0.6 is 0 Å². The van der Waals surface area contributed by atoms with E-state index in [-0.39, 0.29) is 24.4 Å². The van der Waals surface area contributed by atoms with E-state index in [1.54, 1.807) is 11.9 Å². The van der Waals surface area contributed by atoms with E-state index in [0.717, 1.165) is 35.2 Å². The number of para-hydroxylation sites is 1. The minimum Gasteiger partial charge on any atom is -0.348 e. The minimum absolute atomic E-state index is 0.0204. The van der Waals surface area contributed by atoms with Gasteiger partial charge in [0, 0.05) is 5.69 Å². The average molecular weight is 396 g/mol. The molecule has 0 aliphatic heterocycles. The summed E-state index contributed by atoms with van der Waals surface area (Å²) in [6.45, 7) is 8.02. The Balaban J connectivity index is 1.96. The first-order valence-corrected chi connectivity index (χ1v) is 10.2. The van der Waals surface area contributed by atoms with Gasteiger partial charge < -0.3 is 10.6 Å². The number of likely N-dealkylation sites (N-methyl/N-ethyl adjacent to an activating group) is 1. The van der Waals surface area contributed by atoms with Gasteiger partial charge in [0.05, 0.1) is 18.6 Å². The molecule has 5 nitrogen and oxygen atoms in total. The molecule has 2 rings (SSSR count). The molecule has 2 atom stereocenters. The van der Waals surface area contributed by atoms with Crippen molar-refractivity contribution < 1.29 is 9.59 Å². The number of benzene rings is 2. The van der Waals surface area contributed by atoms with Crippen molar-refractivity contribution in [1.82, 2.24) is 10.2 Å². The van der Waals surface area contributed by atoms with Crippen molar-refractivity contribution in [3.8, 4) is 0 Å². The molecule has 0 radical (unpaired) electrons. The Kier molecular flexibility index (Phi) is 8.40. The molecule has 5 heteroatoms. The molecule has 0 unspecified atom stereocenters. The van der Waals surface area contributed by atoms with Crippen molar-refractivity contribution in [2.75, 3.05) is 18.9 Å². The van der Waals surface area contributed by atoms with Crippen molar-refractivity contribution in [3.63, 3.8) is 0 Å². The van der Waals surface area contributed by atoms with Crippen LogP contribution < -0.4 is 10.6 Å². The lowest BCUT2D eigenvalue weighted by Gasteiger charge is -2.26. The first kappa shape index (κ1) is 22.6. The van der Waals surface area contributed by atoms with E-state index in [2.05, 4.69) is 17.6 Å². The summed E-state index contributed by atoms with van der Waals surface area (Å²) in [4.78, 5) is 27.1. The third-order valence-corrected chi connectivity index (χ3v) is 5.27. The summed E-state index contributed by atoms with van der Waals surface area (Å²) >= 11 is 0. The van der Waals surface area contributed by atoms with Crippen molar-refractivity contribution in [1.29, 1.82) is 0 Å². The number of hydrogen-bond donors (Lipinski definition) is 2. The molecule has 0 saturated carbocycles. The Labute approximate surface area is 174 Å². The van der Waals surface area contributed by atoms with Gasteiger partial charge in [-0.1, -0.05) is 61.9 Å². The van der Waals surface area contributed by atoms with Gasteiger partial charge in [-0.25, -0.2) is 0 Å². The highest BCUT2D eigenvalue weighted by atomic mass is 16.2. The maximum atomic E-state index is 12.8. The van der Waals surface area contributed by atoms with E-state index >= 15 is 0 Å². The first-order chi connectivity index (χ1) is 13.8. The molecule has 29 heavy (non-hydrogen) atoms. The molecule has 0 heterocycles. The molecule has 2 amide bonds. The van der Waals surface area contributed by atoms with E-state index in [9.17, 15) is 9.59 Å². The number of carbonyl (C=O) groups excluding carboxylic acids is 2. The van der Waals surface area contributed by atoms with Gasteiger partial charge >= 0.3 is 0 Å². The molecule has 0 aromatic heterocycles. The van der Waals surface area contributed by atoms with Crippen LogP contribution in [0.1, 0.15) is 49.4 Å². The lowest BCUT2D eigenvalue weighted by molar-refractivity contribution is -0.127. The monoisotopic (exact) mass is 395 g/mol. The standard InChI is InChI=1S/C24H33N3O2/c1-6-11-21(20-14-8-7-9-15-20)25-24(29)19(4)27(5)16-22(28)26-23-17(2)12-10-13-18(23)3/h7-10,12-15,19,21H,6,11,16H2,1-5H3,(H,25,29)(H,26,28)/t19-,21-/m1/s1. The largest absolute Gasteiger partial charge is 0.348 e. The number of nitrogens with one attached hydrogen (secondary N) is 2. The van der Waals surface area contributed by atoms with Crippen molar-refractivity contribution in [2.45, 2.75) is 52.6 Å². The minimum atomic E-state index is -0.415. The zero-order chi connectivity index (χ0) is 21.4. The highest BCUT2D eigenvalue weighted by Crippen LogP contribution is 2.20. The maximum Gasteiger partial charge on any atom is 0.238 e. The Bertz CT molecular complexity index is 800. The summed E-state index contributed by atoms with van der Waals surface area (Å²) in [7, 11) is 1.80.